The molecule has 14 heavy (non-hydrogen) atoms. The van der Waals surface area contributed by atoms with Gasteiger partial charge in [0.15, 0.2) is 0 Å². The summed E-state index contributed by atoms with van der Waals surface area (Å²) in [7, 11) is 0. The van der Waals surface area contributed by atoms with Crippen LogP contribution in [-0.4, -0.2) is 24.1 Å². The average molecular weight is 200 g/mol. The second-order valence-corrected chi connectivity index (χ2v) is 3.26. The number of carbonyl (C=O) groups excluding carboxylic acids is 3. The highest BCUT2D eigenvalue weighted by atomic mass is 16.5. The van der Waals surface area contributed by atoms with Gasteiger partial charge in [0.05, 0.1) is 12.5 Å². The van der Waals surface area contributed by atoms with Crippen LogP contribution in [-0.2, 0) is 19.1 Å². The first-order chi connectivity index (χ1) is 6.47. The molecule has 0 heterocycles. The lowest BCUT2D eigenvalue weighted by Crippen LogP contribution is -2.22. The van der Waals surface area contributed by atoms with Crippen molar-refractivity contribution in [3.63, 3.8) is 0 Å². The number of Topliss-reactive ketones (excluding diaryl/α,β-unsaturated/α-hetero) is 2. The van der Waals surface area contributed by atoms with Crippen molar-refractivity contribution >= 4 is 17.5 Å². The van der Waals surface area contributed by atoms with Gasteiger partial charge >= 0.3 is 5.97 Å². The van der Waals surface area contributed by atoms with Gasteiger partial charge in [0.1, 0.15) is 11.6 Å². The Hall–Kier alpha value is -1.19. The average Bonchev–Trinajstić information content (AvgIpc) is 2.01. The molecule has 4 nitrogen and oxygen atoms in total. The quantitative estimate of drug-likeness (QED) is 0.603. The Morgan fingerprint density at radius 1 is 1.07 bits per heavy atom. The Bertz CT molecular complexity index is 216. The minimum Gasteiger partial charge on any atom is -0.466 e. The lowest BCUT2D eigenvalue weighted by atomic mass is 9.97. The second kappa shape index (κ2) is 6.29. The predicted molar refractivity (Wildman–Crippen MR) is 50.7 cm³/mol. The van der Waals surface area contributed by atoms with E-state index in [4.69, 9.17) is 4.74 Å². The van der Waals surface area contributed by atoms with E-state index in [1.54, 1.807) is 6.92 Å². The summed E-state index contributed by atoms with van der Waals surface area (Å²) >= 11 is 0. The number of ketones is 2. The van der Waals surface area contributed by atoms with Gasteiger partial charge in [-0.3, -0.25) is 4.79 Å². The van der Waals surface area contributed by atoms with Gasteiger partial charge in [-0.05, 0) is 20.8 Å². The van der Waals surface area contributed by atoms with Crippen molar-refractivity contribution in [1.82, 2.24) is 0 Å². The molecule has 0 atom stereocenters. The zero-order valence-electron chi connectivity index (χ0n) is 8.83. The van der Waals surface area contributed by atoms with E-state index < -0.39 is 11.9 Å². The minimum absolute atomic E-state index is 0.0818. The summed E-state index contributed by atoms with van der Waals surface area (Å²) in [4.78, 5) is 32.9. The summed E-state index contributed by atoms with van der Waals surface area (Å²) in [5.41, 5.74) is 0. The third-order valence-electron chi connectivity index (χ3n) is 1.69. The van der Waals surface area contributed by atoms with Gasteiger partial charge in [0.2, 0.25) is 0 Å². The summed E-state index contributed by atoms with van der Waals surface area (Å²) in [5, 5.41) is 0. The number of rotatable bonds is 6. The van der Waals surface area contributed by atoms with E-state index in [2.05, 4.69) is 0 Å². The van der Waals surface area contributed by atoms with Crippen LogP contribution in [0, 0.1) is 5.92 Å². The summed E-state index contributed by atoms with van der Waals surface area (Å²) in [6, 6.07) is 0. The fourth-order valence-corrected chi connectivity index (χ4v) is 1.19. The molecule has 0 aromatic carbocycles. The Balaban J connectivity index is 4.29. The van der Waals surface area contributed by atoms with Gasteiger partial charge in [0, 0.05) is 12.8 Å². The summed E-state index contributed by atoms with van der Waals surface area (Å²) in [6.07, 6.45) is 0.164. The van der Waals surface area contributed by atoms with E-state index in [1.807, 2.05) is 0 Å². The predicted octanol–water partition coefficient (Wildman–Crippen LogP) is 1.12. The number of hydrogen-bond acceptors (Lipinski definition) is 4. The SMILES string of the molecule is CCOC(=O)C(CC(C)=O)CC(C)=O. The van der Waals surface area contributed by atoms with Crippen molar-refractivity contribution in [3.8, 4) is 0 Å². The molecule has 80 valence electrons. The topological polar surface area (TPSA) is 60.4 Å². The highest BCUT2D eigenvalue weighted by Gasteiger charge is 2.22. The fraction of sp³-hybridized carbons (Fsp3) is 0.700. The largest absolute Gasteiger partial charge is 0.466 e. The number of ether oxygens (including phenoxy) is 1. The molecule has 0 bridgehead atoms. The Morgan fingerprint density at radius 2 is 1.50 bits per heavy atom. The van der Waals surface area contributed by atoms with Gasteiger partial charge < -0.3 is 14.3 Å². The van der Waals surface area contributed by atoms with Crippen molar-refractivity contribution in [2.75, 3.05) is 6.61 Å². The first kappa shape index (κ1) is 12.8. The van der Waals surface area contributed by atoms with Crippen molar-refractivity contribution in [2.24, 2.45) is 5.92 Å². The molecular formula is C10H16O4. The molecule has 0 rings (SSSR count). The molecule has 0 amide bonds. The molecule has 4 heteroatoms. The zero-order valence-corrected chi connectivity index (χ0v) is 8.83. The molecule has 0 saturated carbocycles. The van der Waals surface area contributed by atoms with E-state index in [0.717, 1.165) is 0 Å². The van der Waals surface area contributed by atoms with Crippen LogP contribution < -0.4 is 0 Å². The third kappa shape index (κ3) is 5.45. The molecule has 0 aliphatic carbocycles. The third-order valence-corrected chi connectivity index (χ3v) is 1.69. The van der Waals surface area contributed by atoms with E-state index in [-0.39, 0.29) is 31.0 Å². The fourth-order valence-electron chi connectivity index (χ4n) is 1.19. The zero-order chi connectivity index (χ0) is 11.1. The van der Waals surface area contributed by atoms with Gasteiger partial charge in [-0.25, -0.2) is 0 Å². The molecule has 0 aliphatic rings. The van der Waals surface area contributed by atoms with E-state index in [9.17, 15) is 14.4 Å². The van der Waals surface area contributed by atoms with Crippen LogP contribution in [0.25, 0.3) is 0 Å². The first-order valence-electron chi connectivity index (χ1n) is 4.62. The van der Waals surface area contributed by atoms with Crippen molar-refractivity contribution < 1.29 is 19.1 Å². The molecular weight excluding hydrogens is 184 g/mol. The van der Waals surface area contributed by atoms with Crippen molar-refractivity contribution in [2.45, 2.75) is 33.6 Å². The lowest BCUT2D eigenvalue weighted by molar-refractivity contribution is -0.150. The summed E-state index contributed by atoms with van der Waals surface area (Å²) in [6.45, 7) is 4.75. The highest BCUT2D eigenvalue weighted by Crippen LogP contribution is 2.12. The first-order valence-corrected chi connectivity index (χ1v) is 4.62. The molecule has 0 aromatic heterocycles. The van der Waals surface area contributed by atoms with Crippen LogP contribution in [0.5, 0.6) is 0 Å². The minimum atomic E-state index is -0.607. The van der Waals surface area contributed by atoms with Crippen LogP contribution in [0.3, 0.4) is 0 Å². The molecule has 0 N–H and O–H groups in total. The normalized spacial score (nSPS) is 10.0. The van der Waals surface area contributed by atoms with Crippen LogP contribution in [0.15, 0.2) is 0 Å². The molecule has 0 fully saturated rings. The van der Waals surface area contributed by atoms with Crippen LogP contribution in [0.4, 0.5) is 0 Å². The molecule has 0 saturated heterocycles. The second-order valence-electron chi connectivity index (χ2n) is 3.26. The standard InChI is InChI=1S/C10H16O4/c1-4-14-10(13)9(5-7(2)11)6-8(3)12/h9H,4-6H2,1-3H3. The van der Waals surface area contributed by atoms with Gasteiger partial charge in [-0.1, -0.05) is 0 Å². The van der Waals surface area contributed by atoms with E-state index in [0.29, 0.717) is 0 Å². The summed E-state index contributed by atoms with van der Waals surface area (Å²) in [5.74, 6) is -1.28. The van der Waals surface area contributed by atoms with Gasteiger partial charge in [-0.15, -0.1) is 0 Å². The van der Waals surface area contributed by atoms with Crippen LogP contribution in [0.2, 0.25) is 0 Å². The number of carbonyl (C=O) groups is 3. The number of esters is 1. The van der Waals surface area contributed by atoms with E-state index in [1.165, 1.54) is 13.8 Å². The van der Waals surface area contributed by atoms with Crippen LogP contribution >= 0.6 is 0 Å². The maximum Gasteiger partial charge on any atom is 0.309 e. The molecule has 0 aromatic rings. The Kier molecular flexibility index (Phi) is 5.76. The molecule has 0 radical (unpaired) electrons. The smallest absolute Gasteiger partial charge is 0.309 e. The van der Waals surface area contributed by atoms with Gasteiger partial charge in [-0.2, -0.15) is 0 Å². The molecule has 0 spiro atoms. The van der Waals surface area contributed by atoms with E-state index >= 15 is 0 Å². The van der Waals surface area contributed by atoms with Crippen LogP contribution in [0.1, 0.15) is 33.6 Å². The monoisotopic (exact) mass is 200 g/mol. The Morgan fingerprint density at radius 3 is 1.79 bits per heavy atom. The van der Waals surface area contributed by atoms with Crippen molar-refractivity contribution in [1.29, 1.82) is 0 Å². The van der Waals surface area contributed by atoms with Crippen molar-refractivity contribution in [3.05, 3.63) is 0 Å². The Labute approximate surface area is 83.6 Å². The maximum atomic E-state index is 11.3. The number of hydrogen-bond donors (Lipinski definition) is 0. The maximum absolute atomic E-state index is 11.3. The molecule has 0 unspecified atom stereocenters. The lowest BCUT2D eigenvalue weighted by Gasteiger charge is -2.11. The highest BCUT2D eigenvalue weighted by molar-refractivity contribution is 5.87. The summed E-state index contributed by atoms with van der Waals surface area (Å²) < 4.78 is 4.76. The molecule has 0 aliphatic heterocycles. The van der Waals surface area contributed by atoms with Gasteiger partial charge in [0.25, 0.3) is 0 Å².